The van der Waals surface area contributed by atoms with Crippen molar-refractivity contribution in [2.24, 2.45) is 0 Å². The molecule has 2 aromatic carbocycles. The van der Waals surface area contributed by atoms with Gasteiger partial charge < -0.3 is 10.6 Å². The Morgan fingerprint density at radius 3 is 2.41 bits per heavy atom. The molecule has 0 spiro atoms. The molecular formula is C20H22ClN3O4S. The first-order valence-corrected chi connectivity index (χ1v) is 10.8. The zero-order valence-electron chi connectivity index (χ0n) is 15.8. The fourth-order valence-corrected chi connectivity index (χ4v) is 3.40. The molecule has 0 saturated carbocycles. The summed E-state index contributed by atoms with van der Waals surface area (Å²) in [6.45, 7) is 2.35. The second kappa shape index (κ2) is 10.6. The molecule has 3 amide bonds. The number of carbonyl (C=O) groups is 2. The van der Waals surface area contributed by atoms with Crippen LogP contribution in [0.25, 0.3) is 6.08 Å². The van der Waals surface area contributed by atoms with E-state index >= 15 is 0 Å². The first-order valence-electron chi connectivity index (χ1n) is 8.96. The van der Waals surface area contributed by atoms with E-state index in [0.29, 0.717) is 22.8 Å². The molecule has 0 heterocycles. The van der Waals surface area contributed by atoms with Gasteiger partial charge >= 0.3 is 6.03 Å². The van der Waals surface area contributed by atoms with Crippen molar-refractivity contribution < 1.29 is 18.0 Å². The van der Waals surface area contributed by atoms with Gasteiger partial charge in [-0.15, -0.1) is 0 Å². The Labute approximate surface area is 175 Å². The summed E-state index contributed by atoms with van der Waals surface area (Å²) in [6.07, 6.45) is 4.55. The highest BCUT2D eigenvalue weighted by Gasteiger charge is 2.17. The average Bonchev–Trinajstić information content (AvgIpc) is 2.67. The number of benzene rings is 2. The van der Waals surface area contributed by atoms with Crippen LogP contribution in [0.1, 0.15) is 25.3 Å². The SMILES string of the molecule is CCCCNC(=O)NS(=O)(=O)c1ccc(NC(=O)/C=C/c2ccccc2Cl)cc1. The molecule has 0 aliphatic heterocycles. The molecule has 0 aliphatic rings. The number of urea groups is 1. The molecule has 0 fully saturated rings. The molecule has 9 heteroatoms. The summed E-state index contributed by atoms with van der Waals surface area (Å²) in [7, 11) is -4.00. The number of rotatable bonds is 8. The summed E-state index contributed by atoms with van der Waals surface area (Å²) in [6, 6.07) is 11.8. The Kier molecular flexibility index (Phi) is 8.23. The van der Waals surface area contributed by atoms with Crippen LogP contribution in [-0.2, 0) is 14.8 Å². The van der Waals surface area contributed by atoms with Crippen molar-refractivity contribution in [2.75, 3.05) is 11.9 Å². The van der Waals surface area contributed by atoms with Crippen LogP contribution < -0.4 is 15.4 Å². The number of hydrogen-bond donors (Lipinski definition) is 3. The van der Waals surface area contributed by atoms with Gasteiger partial charge in [-0.1, -0.05) is 43.1 Å². The summed E-state index contributed by atoms with van der Waals surface area (Å²) in [5.41, 5.74) is 1.11. The van der Waals surface area contributed by atoms with Crippen LogP contribution in [0.3, 0.4) is 0 Å². The summed E-state index contributed by atoms with van der Waals surface area (Å²) in [4.78, 5) is 23.6. The molecule has 0 aromatic heterocycles. The third-order valence-corrected chi connectivity index (χ3v) is 5.49. The van der Waals surface area contributed by atoms with Gasteiger partial charge in [0.05, 0.1) is 4.90 Å². The Bertz CT molecular complexity index is 989. The van der Waals surface area contributed by atoms with Crippen molar-refractivity contribution in [3.05, 3.63) is 65.2 Å². The van der Waals surface area contributed by atoms with Crippen LogP contribution >= 0.6 is 11.6 Å². The number of carbonyl (C=O) groups excluding carboxylic acids is 2. The minimum Gasteiger partial charge on any atom is -0.337 e. The number of sulfonamides is 1. The lowest BCUT2D eigenvalue weighted by Crippen LogP contribution is -2.39. The molecule has 3 N–H and O–H groups in total. The highest BCUT2D eigenvalue weighted by Crippen LogP contribution is 2.17. The fraction of sp³-hybridized carbons (Fsp3) is 0.200. The van der Waals surface area contributed by atoms with Gasteiger partial charge in [-0.25, -0.2) is 17.9 Å². The highest BCUT2D eigenvalue weighted by atomic mass is 35.5. The molecule has 0 bridgehead atoms. The molecular weight excluding hydrogens is 414 g/mol. The first-order chi connectivity index (χ1) is 13.8. The lowest BCUT2D eigenvalue weighted by Gasteiger charge is -2.09. The highest BCUT2D eigenvalue weighted by molar-refractivity contribution is 7.90. The quantitative estimate of drug-likeness (QED) is 0.433. The zero-order chi connectivity index (χ0) is 21.3. The molecule has 7 nitrogen and oxygen atoms in total. The Morgan fingerprint density at radius 2 is 1.76 bits per heavy atom. The summed E-state index contributed by atoms with van der Waals surface area (Å²) in [5, 5.41) is 5.62. The van der Waals surface area contributed by atoms with Gasteiger partial charge in [-0.3, -0.25) is 4.79 Å². The number of unbranched alkanes of at least 4 members (excludes halogenated alkanes) is 1. The number of anilines is 1. The van der Waals surface area contributed by atoms with E-state index in [1.807, 2.05) is 11.6 Å². The lowest BCUT2D eigenvalue weighted by atomic mass is 10.2. The van der Waals surface area contributed by atoms with Gasteiger partial charge in [0.1, 0.15) is 0 Å². The summed E-state index contributed by atoms with van der Waals surface area (Å²) < 4.78 is 26.4. The largest absolute Gasteiger partial charge is 0.337 e. The maximum atomic E-state index is 12.2. The number of halogens is 1. The maximum absolute atomic E-state index is 12.2. The van der Waals surface area contributed by atoms with Crippen LogP contribution in [0.5, 0.6) is 0 Å². The Morgan fingerprint density at radius 1 is 1.07 bits per heavy atom. The van der Waals surface area contributed by atoms with E-state index in [4.69, 9.17) is 11.6 Å². The summed E-state index contributed by atoms with van der Waals surface area (Å²) >= 11 is 6.03. The Hall–Kier alpha value is -2.84. The fourth-order valence-electron chi connectivity index (χ4n) is 2.27. The third kappa shape index (κ3) is 7.24. The number of nitrogens with one attached hydrogen (secondary N) is 3. The van der Waals surface area contributed by atoms with Gasteiger partial charge in [-0.05, 0) is 48.4 Å². The molecule has 2 rings (SSSR count). The van der Waals surface area contributed by atoms with Crippen molar-refractivity contribution in [3.63, 3.8) is 0 Å². The summed E-state index contributed by atoms with van der Waals surface area (Å²) in [5.74, 6) is -0.394. The molecule has 0 radical (unpaired) electrons. The van der Waals surface area contributed by atoms with E-state index in [9.17, 15) is 18.0 Å². The van der Waals surface area contributed by atoms with Gasteiger partial charge in [-0.2, -0.15) is 0 Å². The minimum absolute atomic E-state index is 0.0900. The molecule has 154 valence electrons. The average molecular weight is 436 g/mol. The van der Waals surface area contributed by atoms with Crippen molar-refractivity contribution in [1.82, 2.24) is 10.0 Å². The smallest absolute Gasteiger partial charge is 0.328 e. The van der Waals surface area contributed by atoms with E-state index in [2.05, 4.69) is 10.6 Å². The number of amides is 3. The van der Waals surface area contributed by atoms with Crippen molar-refractivity contribution in [3.8, 4) is 0 Å². The van der Waals surface area contributed by atoms with Crippen LogP contribution in [0, 0.1) is 0 Å². The van der Waals surface area contributed by atoms with Crippen LogP contribution in [0.4, 0.5) is 10.5 Å². The predicted molar refractivity (Wildman–Crippen MR) is 114 cm³/mol. The van der Waals surface area contributed by atoms with E-state index in [0.717, 1.165) is 12.8 Å². The van der Waals surface area contributed by atoms with Crippen LogP contribution in [0.15, 0.2) is 59.5 Å². The van der Waals surface area contributed by atoms with Crippen molar-refractivity contribution in [2.45, 2.75) is 24.7 Å². The van der Waals surface area contributed by atoms with E-state index < -0.39 is 22.0 Å². The normalized spacial score (nSPS) is 11.2. The van der Waals surface area contributed by atoms with Crippen LogP contribution in [0.2, 0.25) is 5.02 Å². The van der Waals surface area contributed by atoms with Gasteiger partial charge in [0, 0.05) is 23.3 Å². The molecule has 2 aromatic rings. The first kappa shape index (κ1) is 22.4. The Balaban J connectivity index is 1.96. The second-order valence-corrected chi connectivity index (χ2v) is 8.17. The lowest BCUT2D eigenvalue weighted by molar-refractivity contribution is -0.111. The van der Waals surface area contributed by atoms with E-state index in [1.165, 1.54) is 30.3 Å². The molecule has 0 unspecified atom stereocenters. The third-order valence-electron chi connectivity index (χ3n) is 3.79. The molecule has 29 heavy (non-hydrogen) atoms. The zero-order valence-corrected chi connectivity index (χ0v) is 17.4. The molecule has 0 saturated heterocycles. The topological polar surface area (TPSA) is 104 Å². The van der Waals surface area contributed by atoms with Crippen molar-refractivity contribution in [1.29, 1.82) is 0 Å². The second-order valence-electron chi connectivity index (χ2n) is 6.08. The predicted octanol–water partition coefficient (Wildman–Crippen LogP) is 3.78. The monoisotopic (exact) mass is 435 g/mol. The van der Waals surface area contributed by atoms with E-state index in [1.54, 1.807) is 30.3 Å². The molecule has 0 atom stereocenters. The number of hydrogen-bond acceptors (Lipinski definition) is 4. The molecule has 0 aliphatic carbocycles. The minimum atomic E-state index is -4.00. The van der Waals surface area contributed by atoms with Gasteiger partial charge in [0.25, 0.3) is 10.0 Å². The van der Waals surface area contributed by atoms with Gasteiger partial charge in [0.15, 0.2) is 0 Å². The van der Waals surface area contributed by atoms with Crippen LogP contribution in [-0.4, -0.2) is 26.9 Å². The standard InChI is InChI=1S/C20H22ClN3O4S/c1-2-3-14-22-20(26)24-29(27,28)17-11-9-16(10-12-17)23-19(25)13-8-15-6-4-5-7-18(15)21/h4-13H,2-3,14H2,1H3,(H,23,25)(H2,22,24,26)/b13-8+. The maximum Gasteiger partial charge on any atom is 0.328 e. The van der Waals surface area contributed by atoms with Gasteiger partial charge in [0.2, 0.25) is 5.91 Å². The van der Waals surface area contributed by atoms with Crippen molar-refractivity contribution >= 4 is 45.3 Å². The van der Waals surface area contributed by atoms with E-state index in [-0.39, 0.29) is 4.90 Å².